The second-order valence-electron chi connectivity index (χ2n) is 7.00. The number of ether oxygens (including phenoxy) is 1. The van der Waals surface area contributed by atoms with Gasteiger partial charge in [-0.25, -0.2) is 10.8 Å². The minimum Gasteiger partial charge on any atom is -0.494 e. The number of nitrogens with two attached hydrogens (primary N) is 3. The molecule has 1 unspecified atom stereocenters. The number of benzene rings is 2. The summed E-state index contributed by atoms with van der Waals surface area (Å²) in [4.78, 5) is 7.98. The minimum absolute atomic E-state index is 0.107. The van der Waals surface area contributed by atoms with E-state index in [1.807, 2.05) is 24.3 Å². The number of hydrazine groups is 1. The lowest BCUT2D eigenvalue weighted by molar-refractivity contribution is 0.292. The number of rotatable bonds is 6. The maximum absolute atomic E-state index is 6.48. The zero-order chi connectivity index (χ0) is 22.9. The fraction of sp³-hybridized carbons (Fsp3) is 0.300. The molecule has 32 heavy (non-hydrogen) atoms. The van der Waals surface area contributed by atoms with Gasteiger partial charge in [0.2, 0.25) is 5.96 Å². The number of hydrogen-bond donors (Lipinski definition) is 5. The molecule has 1 saturated heterocycles. The van der Waals surface area contributed by atoms with Gasteiger partial charge in [-0.1, -0.05) is 45.7 Å². The van der Waals surface area contributed by atoms with E-state index in [2.05, 4.69) is 31.1 Å². The van der Waals surface area contributed by atoms with Crippen LogP contribution < -0.4 is 32.9 Å². The van der Waals surface area contributed by atoms with Gasteiger partial charge >= 0.3 is 0 Å². The summed E-state index contributed by atoms with van der Waals surface area (Å²) >= 11 is 13.0. The van der Waals surface area contributed by atoms with Crippen LogP contribution in [0.2, 0.25) is 10.0 Å². The number of aliphatic imine (C=N–C) groups is 2. The van der Waals surface area contributed by atoms with Gasteiger partial charge in [-0.2, -0.15) is 4.99 Å². The van der Waals surface area contributed by atoms with Crippen molar-refractivity contribution >= 4 is 40.8 Å². The lowest BCUT2D eigenvalue weighted by Crippen LogP contribution is -2.30. The molecule has 0 spiro atoms. The average molecular weight is 478 g/mol. The standard InChI is InChI=1S/C20H25Cl2N9O/c21-16-10-14(27-19(23)28-20(29-24)30-31-25)11-17(22)18(16)12-3-5-15(6-4-12)32-9-7-13-2-1-8-26-13/h3-6,10-11,13,26H,1-2,7-9,24H2,(H5,23,25,27,28,29,30). The van der Waals surface area contributed by atoms with Gasteiger partial charge in [-0.3, -0.25) is 5.43 Å². The smallest absolute Gasteiger partial charge is 0.261 e. The summed E-state index contributed by atoms with van der Waals surface area (Å²) in [5.41, 5.74) is 9.90. The van der Waals surface area contributed by atoms with Crippen LogP contribution in [-0.4, -0.2) is 31.1 Å². The highest BCUT2D eigenvalue weighted by molar-refractivity contribution is 6.39. The first-order chi connectivity index (χ1) is 15.5. The van der Waals surface area contributed by atoms with E-state index < -0.39 is 0 Å². The normalized spacial score (nSPS) is 17.2. The maximum atomic E-state index is 6.48. The van der Waals surface area contributed by atoms with Crippen LogP contribution in [0.1, 0.15) is 19.3 Å². The predicted molar refractivity (Wildman–Crippen MR) is 128 cm³/mol. The molecule has 12 heteroatoms. The van der Waals surface area contributed by atoms with Crippen molar-refractivity contribution in [3.63, 3.8) is 0 Å². The summed E-state index contributed by atoms with van der Waals surface area (Å²) in [6, 6.07) is 11.4. The van der Waals surface area contributed by atoms with Crippen LogP contribution >= 0.6 is 23.2 Å². The Labute approximate surface area is 195 Å². The molecule has 8 N–H and O–H groups in total. The highest BCUT2D eigenvalue weighted by Crippen LogP contribution is 2.38. The molecule has 2 aromatic carbocycles. The summed E-state index contributed by atoms with van der Waals surface area (Å²) in [7, 11) is 0. The molecule has 0 bridgehead atoms. The Kier molecular flexibility index (Phi) is 8.63. The van der Waals surface area contributed by atoms with Gasteiger partial charge in [0.15, 0.2) is 0 Å². The van der Waals surface area contributed by atoms with E-state index in [0.29, 0.717) is 33.9 Å². The number of nitrogens with one attached hydrogen (secondary N) is 2. The van der Waals surface area contributed by atoms with Crippen molar-refractivity contribution in [1.82, 2.24) is 10.7 Å². The fourth-order valence-corrected chi connectivity index (χ4v) is 4.04. The molecule has 3 rings (SSSR count). The van der Waals surface area contributed by atoms with Crippen molar-refractivity contribution in [3.8, 4) is 16.9 Å². The zero-order valence-electron chi connectivity index (χ0n) is 17.3. The number of guanidine groups is 2. The Morgan fingerprint density at radius 3 is 2.50 bits per heavy atom. The molecule has 0 saturated carbocycles. The fourth-order valence-electron chi connectivity index (χ4n) is 3.34. The van der Waals surface area contributed by atoms with Crippen molar-refractivity contribution in [2.45, 2.75) is 25.3 Å². The molecule has 1 atom stereocenters. The number of hydrogen-bond acceptors (Lipinski definition) is 5. The van der Waals surface area contributed by atoms with Crippen molar-refractivity contribution in [2.24, 2.45) is 37.7 Å². The first-order valence-corrected chi connectivity index (χ1v) is 10.7. The average Bonchev–Trinajstić information content (AvgIpc) is 3.27. The van der Waals surface area contributed by atoms with E-state index in [1.54, 1.807) is 12.1 Å². The molecular formula is C20H25Cl2N9O. The number of halogens is 2. The topological polar surface area (TPSA) is 161 Å². The van der Waals surface area contributed by atoms with Crippen molar-refractivity contribution in [1.29, 1.82) is 0 Å². The third-order valence-corrected chi connectivity index (χ3v) is 5.41. The van der Waals surface area contributed by atoms with Crippen LogP contribution in [0.15, 0.2) is 56.7 Å². The first kappa shape index (κ1) is 23.7. The van der Waals surface area contributed by atoms with Crippen molar-refractivity contribution in [2.75, 3.05) is 13.2 Å². The minimum atomic E-state index is -0.139. The highest BCUT2D eigenvalue weighted by Gasteiger charge is 2.14. The van der Waals surface area contributed by atoms with Crippen LogP contribution in [0.25, 0.3) is 11.1 Å². The molecular weight excluding hydrogens is 453 g/mol. The van der Waals surface area contributed by atoms with E-state index >= 15 is 0 Å². The highest BCUT2D eigenvalue weighted by atomic mass is 35.5. The van der Waals surface area contributed by atoms with Crippen molar-refractivity contribution < 1.29 is 4.74 Å². The molecule has 10 nitrogen and oxygen atoms in total. The van der Waals surface area contributed by atoms with Crippen LogP contribution in [0.4, 0.5) is 5.69 Å². The molecule has 0 aromatic heterocycles. The predicted octanol–water partition coefficient (Wildman–Crippen LogP) is 3.27. The molecule has 2 aromatic rings. The summed E-state index contributed by atoms with van der Waals surface area (Å²) in [6.07, 6.45) is 3.44. The van der Waals surface area contributed by atoms with E-state index in [4.69, 9.17) is 45.4 Å². The third kappa shape index (κ3) is 6.54. The SMILES string of the molecule is NN=NC(=NC(N)=Nc1cc(Cl)c(-c2ccc(OCCC3CCCN3)cc2)c(Cl)c1)NN. The second-order valence-corrected chi connectivity index (χ2v) is 7.82. The molecule has 1 aliphatic rings. The Bertz CT molecular complexity index is 980. The third-order valence-electron chi connectivity index (χ3n) is 4.81. The molecule has 1 aliphatic heterocycles. The molecule has 1 heterocycles. The molecule has 0 amide bonds. The van der Waals surface area contributed by atoms with Gasteiger partial charge < -0.3 is 21.6 Å². The van der Waals surface area contributed by atoms with E-state index in [0.717, 1.165) is 24.3 Å². The maximum Gasteiger partial charge on any atom is 0.261 e. The molecule has 170 valence electrons. The van der Waals surface area contributed by atoms with E-state index in [9.17, 15) is 0 Å². The molecule has 0 aliphatic carbocycles. The van der Waals surface area contributed by atoms with Crippen LogP contribution in [0.3, 0.4) is 0 Å². The van der Waals surface area contributed by atoms with Gasteiger partial charge in [-0.05, 0) is 55.6 Å². The summed E-state index contributed by atoms with van der Waals surface area (Å²) < 4.78 is 5.85. The van der Waals surface area contributed by atoms with E-state index in [-0.39, 0.29) is 11.9 Å². The summed E-state index contributed by atoms with van der Waals surface area (Å²) in [6.45, 7) is 1.76. The first-order valence-electron chi connectivity index (χ1n) is 9.96. The second kappa shape index (κ2) is 11.6. The molecule has 1 fully saturated rings. The van der Waals surface area contributed by atoms with Crippen LogP contribution in [0.5, 0.6) is 5.75 Å². The largest absolute Gasteiger partial charge is 0.494 e. The Morgan fingerprint density at radius 1 is 1.19 bits per heavy atom. The summed E-state index contributed by atoms with van der Waals surface area (Å²) in [5, 5.41) is 10.8. The Morgan fingerprint density at radius 2 is 1.91 bits per heavy atom. The van der Waals surface area contributed by atoms with Crippen molar-refractivity contribution in [3.05, 3.63) is 46.4 Å². The van der Waals surface area contributed by atoms with Crippen LogP contribution in [0, 0.1) is 0 Å². The quantitative estimate of drug-likeness (QED) is 0.141. The van der Waals surface area contributed by atoms with Gasteiger partial charge in [0, 0.05) is 11.6 Å². The van der Waals surface area contributed by atoms with E-state index in [1.165, 1.54) is 12.8 Å². The van der Waals surface area contributed by atoms with Gasteiger partial charge in [0.05, 0.1) is 22.3 Å². The summed E-state index contributed by atoms with van der Waals surface area (Å²) in [5.74, 6) is 10.8. The lowest BCUT2D eigenvalue weighted by atomic mass is 10.0. The Balaban J connectivity index is 1.71. The molecule has 0 radical (unpaired) electrons. The number of nitrogens with zero attached hydrogens (tertiary/aromatic N) is 4. The monoisotopic (exact) mass is 477 g/mol. The Hall–Kier alpha value is -2.92. The van der Waals surface area contributed by atoms with Gasteiger partial charge in [-0.15, -0.1) is 0 Å². The lowest BCUT2D eigenvalue weighted by Gasteiger charge is -2.12. The van der Waals surface area contributed by atoms with Crippen LogP contribution in [-0.2, 0) is 0 Å². The van der Waals surface area contributed by atoms with Gasteiger partial charge in [0.1, 0.15) is 5.75 Å². The zero-order valence-corrected chi connectivity index (χ0v) is 18.8. The van der Waals surface area contributed by atoms with Gasteiger partial charge in [0.25, 0.3) is 5.96 Å².